The molecule has 8 aromatic rings. The summed E-state index contributed by atoms with van der Waals surface area (Å²) in [5, 5.41) is 79.5. The Morgan fingerprint density at radius 2 is 0.558 bits per heavy atom. The summed E-state index contributed by atoms with van der Waals surface area (Å²) in [4.78, 5) is 57.6. The number of ether oxygens (including phenoxy) is 4. The Balaban J connectivity index is 0.000000110. The lowest BCUT2D eigenvalue weighted by molar-refractivity contribution is -0.138. The zero-order chi connectivity index (χ0) is 95.4. The van der Waals surface area contributed by atoms with Crippen molar-refractivity contribution in [3.05, 3.63) is 97.1 Å². The maximum Gasteiger partial charge on any atom is 0.159 e. The van der Waals surface area contributed by atoms with Crippen molar-refractivity contribution in [2.75, 3.05) is 53.9 Å². The highest BCUT2D eigenvalue weighted by Crippen LogP contribution is 2.71. The molecule has 138 heavy (non-hydrogen) atoms. The van der Waals surface area contributed by atoms with Gasteiger partial charge in [-0.2, -0.15) is 30.0 Å². The molecule has 24 nitrogen and oxygen atoms in total. The summed E-state index contributed by atoms with van der Waals surface area (Å²) in [5.41, 5.74) is 5.00. The molecule has 16 fully saturated rings. The molecule has 0 saturated heterocycles. The fourth-order valence-electron chi connectivity index (χ4n) is 36.6. The zero-order valence-corrected chi connectivity index (χ0v) is 84.0. The molecule has 4 heterocycles. The summed E-state index contributed by atoms with van der Waals surface area (Å²) in [5.74, 6) is 16.1. The number of nitrogens with zero attached hydrogens (tertiary/aromatic N) is 12. The molecule has 16 aliphatic rings. The van der Waals surface area contributed by atoms with Crippen LogP contribution in [-0.2, 0) is 64.3 Å². The van der Waals surface area contributed by atoms with E-state index in [-0.39, 0.29) is 45.3 Å². The molecule has 4 aromatic heterocycles. The third-order valence-corrected chi connectivity index (χ3v) is 42.6. The van der Waals surface area contributed by atoms with Gasteiger partial charge in [-0.15, -0.1) is 10.2 Å². The van der Waals surface area contributed by atoms with Crippen molar-refractivity contribution >= 4 is 67.3 Å². The smallest absolute Gasteiger partial charge is 0.159 e. The van der Waals surface area contributed by atoms with Crippen LogP contribution in [0.2, 0.25) is 0 Å². The first-order chi connectivity index (χ1) is 66.6. The van der Waals surface area contributed by atoms with E-state index in [9.17, 15) is 39.6 Å². The van der Waals surface area contributed by atoms with Gasteiger partial charge in [0.25, 0.3) is 0 Å². The monoisotopic (exact) mass is 1890 g/mol. The van der Waals surface area contributed by atoms with Gasteiger partial charge in [-0.25, -0.2) is 9.36 Å². The molecule has 4 aromatic carbocycles. The number of hydrogen-bond acceptors (Lipinski definition) is 20. The second-order valence-electron chi connectivity index (χ2n) is 49.2. The topological polar surface area (TPSA) is 309 Å². The maximum atomic E-state index is 13.6. The van der Waals surface area contributed by atoms with Crippen LogP contribution in [0.15, 0.2) is 97.1 Å². The lowest BCUT2D eigenvalue weighted by Gasteiger charge is -2.57. The Kier molecular flexibility index (Phi) is 27.5. The van der Waals surface area contributed by atoms with Crippen LogP contribution < -0.4 is 0 Å². The number of carbonyl (C=O) groups excluding carboxylic acids is 4. The number of ketones is 4. The van der Waals surface area contributed by atoms with E-state index in [1.54, 1.807) is 33.2 Å². The van der Waals surface area contributed by atoms with Crippen LogP contribution in [0.5, 0.6) is 0 Å². The van der Waals surface area contributed by atoms with Gasteiger partial charge in [0, 0.05) is 51.1 Å². The number of hydrogen-bond donors (Lipinski definition) is 4. The Bertz CT molecular complexity index is 5570. The highest BCUT2D eigenvalue weighted by Gasteiger charge is 2.65. The normalized spacial score (nSPS) is 41.2. The summed E-state index contributed by atoms with van der Waals surface area (Å²) in [6.07, 6.45) is 40.2. The highest BCUT2D eigenvalue weighted by molar-refractivity contribution is 5.86. The third kappa shape index (κ3) is 18.1. The molecule has 0 unspecified atom stereocenters. The van der Waals surface area contributed by atoms with E-state index >= 15 is 0 Å². The Hall–Kier alpha value is -7.16. The van der Waals surface area contributed by atoms with Crippen molar-refractivity contribution in [3.8, 4) is 0 Å². The molecule has 0 aliphatic heterocycles. The van der Waals surface area contributed by atoms with Gasteiger partial charge in [0.2, 0.25) is 0 Å². The van der Waals surface area contributed by atoms with Gasteiger partial charge in [-0.05, 0) is 434 Å². The van der Waals surface area contributed by atoms with Gasteiger partial charge in [0.15, 0.2) is 23.1 Å². The van der Waals surface area contributed by atoms with Gasteiger partial charge in [0.05, 0.1) is 59.9 Å². The van der Waals surface area contributed by atoms with Crippen LogP contribution in [0.4, 0.5) is 0 Å². The Morgan fingerprint density at radius 3 is 0.833 bits per heavy atom. The quantitative estimate of drug-likeness (QED) is 0.0490. The van der Waals surface area contributed by atoms with Crippen molar-refractivity contribution in [2.24, 2.45) is 164 Å². The van der Waals surface area contributed by atoms with Gasteiger partial charge in [-0.1, -0.05) is 86.7 Å². The van der Waals surface area contributed by atoms with Crippen LogP contribution in [0, 0.1) is 164 Å². The molecule has 16 aliphatic carbocycles. The van der Waals surface area contributed by atoms with Crippen molar-refractivity contribution in [3.63, 3.8) is 0 Å². The SMILES string of the molecule is CCOC[C@@]1(O)CC[C@H]2[C@@H](CC[C@@H]3[C@@H]2CC[C@]2(C)[C@@H](C(=O)Cn4nc5ccccc5n4)CC[C@@H]32)C1.CCOC[C@@]1(O)CC[C@H]2[C@@H](CC[C@@H]3[C@@H]2CC[C@]2(C)[C@@H](C(=O)Cn4nnc5ccccc54)CC[C@@H]32)C1.COC[C@@]1(O)CC[C@H]2[C@@H](CC[C@@H]3[C@@H]2CC[C@]2(C)[C@@H](C(=O)Cn4nc5ccccc5n4)CC[C@@H]32)C1.COC[C@@]1(O)CC[C@H]2[C@@H](CC[C@@H]3[C@@H]2CC[C@]2(C)[C@@H](C(=O)Cn4nnc5ccccc54)CC[C@@H]32)C1. The largest absolute Gasteiger partial charge is 0.387 e. The van der Waals surface area contributed by atoms with Crippen molar-refractivity contribution in [1.82, 2.24) is 60.0 Å². The van der Waals surface area contributed by atoms with Gasteiger partial charge < -0.3 is 39.4 Å². The number of aromatic nitrogens is 12. The third-order valence-electron chi connectivity index (χ3n) is 42.6. The predicted octanol–water partition coefficient (Wildman–Crippen LogP) is 19.4. The molecule has 24 rings (SSSR count). The minimum absolute atomic E-state index is 0.113. The van der Waals surface area contributed by atoms with Crippen molar-refractivity contribution in [2.45, 2.75) is 321 Å². The first-order valence-corrected chi connectivity index (χ1v) is 54.9. The minimum Gasteiger partial charge on any atom is -0.387 e. The highest BCUT2D eigenvalue weighted by atomic mass is 16.5. The van der Waals surface area contributed by atoms with E-state index in [0.29, 0.717) is 136 Å². The lowest BCUT2D eigenvalue weighted by atomic mass is 9.49. The molecular formula is C114H160N12O12. The molecule has 16 saturated carbocycles. The molecule has 0 bridgehead atoms. The fourth-order valence-corrected chi connectivity index (χ4v) is 36.6. The van der Waals surface area contributed by atoms with Crippen LogP contribution in [0.3, 0.4) is 0 Å². The first-order valence-electron chi connectivity index (χ1n) is 54.9. The first kappa shape index (κ1) is 96.9. The van der Waals surface area contributed by atoms with Crippen LogP contribution >= 0.6 is 0 Å². The van der Waals surface area contributed by atoms with Crippen molar-refractivity contribution < 1.29 is 58.6 Å². The van der Waals surface area contributed by atoms with Gasteiger partial charge in [-0.3, -0.25) is 19.2 Å². The second-order valence-corrected chi connectivity index (χ2v) is 49.2. The molecule has 4 N–H and O–H groups in total. The molecule has 0 spiro atoms. The second kappa shape index (κ2) is 39.1. The van der Waals surface area contributed by atoms with Gasteiger partial charge in [0.1, 0.15) is 59.3 Å². The Morgan fingerprint density at radius 1 is 0.304 bits per heavy atom. The van der Waals surface area contributed by atoms with E-state index in [4.69, 9.17) is 18.9 Å². The molecule has 32 atom stereocenters. The molecular weight excluding hydrogens is 1730 g/mol. The molecule has 24 heteroatoms. The van der Waals surface area contributed by atoms with Crippen molar-refractivity contribution in [1.29, 1.82) is 0 Å². The number of Topliss-reactive ketones (excluding diaryl/α,β-unsaturated/α-hetero) is 4. The average Bonchev–Trinajstić information content (AvgIpc) is 1.55. The Labute approximate surface area is 817 Å². The summed E-state index contributed by atoms with van der Waals surface area (Å²) in [6.45, 7) is 18.2. The zero-order valence-electron chi connectivity index (χ0n) is 84.0. The summed E-state index contributed by atoms with van der Waals surface area (Å²) < 4.78 is 25.6. The standard InChI is InChI=1S/2C29H41N3O3.2C28H39N3O3/c1-3-35-18-29(34)15-13-20-19(16-29)8-9-22-21(20)12-14-28(2)23(22)10-11-24(28)27(33)17-32-26-7-5-4-6-25(26)30-31-32;1-3-35-18-29(34)15-13-20-19(16-29)8-9-22-21(20)12-14-28(2)23(22)10-11-24(28)27(33)17-32-30-25-6-4-5-7-26(25)31-32;1-27-13-11-20-19-12-14-28(33,17-34-2)15-18(19)7-8-21(20)22(27)9-10-23(27)26(32)16-31-25-6-4-3-5-24(25)29-30-31;1-27-13-11-20-19-12-14-28(33,17-34-2)15-18(19)7-8-21(20)22(27)9-10-23(27)26(32)16-31-29-24-5-3-4-6-25(24)30-31/h2*4-7,19-24,34H,3,8-18H2,1-2H3;2*3-6,18-23,33H,7-17H2,1-2H3/t2*19-,20-,21+,22+,23-,24+,28-,29+;2*18-,19-,20+,21+,22-,23+,27-,28+/m0000/s1. The number of aliphatic hydroxyl groups is 4. The van der Waals surface area contributed by atoms with Gasteiger partial charge >= 0.3 is 0 Å². The fraction of sp³-hybridized carbons (Fsp3) is 0.754. The predicted molar refractivity (Wildman–Crippen MR) is 529 cm³/mol. The number of benzene rings is 4. The van der Waals surface area contributed by atoms with E-state index in [0.717, 1.165) is 231 Å². The number of carbonyl (C=O) groups is 4. The summed E-state index contributed by atoms with van der Waals surface area (Å²) in [6, 6.07) is 31.5. The number of para-hydroxylation sites is 2. The number of fused-ring (bicyclic) bond motifs is 24. The minimum atomic E-state index is -0.623. The van der Waals surface area contributed by atoms with Crippen LogP contribution in [-0.4, -0.2) is 180 Å². The lowest BCUT2D eigenvalue weighted by Crippen LogP contribution is -2.52. The summed E-state index contributed by atoms with van der Waals surface area (Å²) in [7, 11) is 3.40. The van der Waals surface area contributed by atoms with E-state index in [1.165, 1.54) is 116 Å². The van der Waals surface area contributed by atoms with Crippen LogP contribution in [0.1, 0.15) is 273 Å². The molecule has 0 radical (unpaired) electrons. The number of rotatable bonds is 22. The van der Waals surface area contributed by atoms with E-state index < -0.39 is 22.4 Å². The summed E-state index contributed by atoms with van der Waals surface area (Å²) >= 11 is 0. The van der Waals surface area contributed by atoms with Crippen LogP contribution in [0.25, 0.3) is 44.1 Å². The van der Waals surface area contributed by atoms with E-state index in [2.05, 4.69) is 68.7 Å². The average molecular weight is 1890 g/mol. The molecule has 748 valence electrons. The maximum absolute atomic E-state index is 13.6. The number of methoxy groups -OCH3 is 2. The molecule has 0 amide bonds. The van der Waals surface area contributed by atoms with E-state index in [1.807, 2.05) is 111 Å².